The topological polar surface area (TPSA) is 4.93 Å². The summed E-state index contributed by atoms with van der Waals surface area (Å²) in [5.74, 6) is 0. The molecule has 0 bridgehead atoms. The van der Waals surface area contributed by atoms with Crippen LogP contribution in [0.1, 0.15) is 27.7 Å². The van der Waals surface area contributed by atoms with E-state index in [2.05, 4.69) is 80.9 Å². The number of aromatic nitrogens is 1. The molecular weight excluding hydrogens is 237 g/mol. The van der Waals surface area contributed by atoms with Crippen molar-refractivity contribution in [2.75, 3.05) is 0 Å². The van der Waals surface area contributed by atoms with Crippen LogP contribution in [0, 0.1) is 0 Å². The second kappa shape index (κ2) is 5.71. The molecule has 1 heterocycles. The minimum absolute atomic E-state index is 0.118. The van der Waals surface area contributed by atoms with Crippen molar-refractivity contribution in [3.63, 3.8) is 0 Å². The molecule has 0 radical (unpaired) electrons. The second-order valence-corrected chi connectivity index (χ2v) is 8.51. The van der Waals surface area contributed by atoms with Gasteiger partial charge in [-0.15, -0.1) is 0 Å². The van der Waals surface area contributed by atoms with Crippen LogP contribution < -0.4 is 5.44 Å². The van der Waals surface area contributed by atoms with E-state index in [1.807, 2.05) is 0 Å². The quantitative estimate of drug-likeness (QED) is 0.717. The smallest absolute Gasteiger partial charge is 0.0464 e. The number of rotatable bonds is 4. The van der Waals surface area contributed by atoms with Crippen LogP contribution in [0.4, 0.5) is 0 Å². The van der Waals surface area contributed by atoms with Crippen molar-refractivity contribution in [1.82, 2.24) is 4.57 Å². The van der Waals surface area contributed by atoms with Crippen molar-refractivity contribution >= 4 is 13.4 Å². The highest BCUT2D eigenvalue weighted by Crippen LogP contribution is 2.45. The Labute approximate surface area is 112 Å². The van der Waals surface area contributed by atoms with Gasteiger partial charge in [0.25, 0.3) is 0 Å². The van der Waals surface area contributed by atoms with Crippen LogP contribution in [-0.4, -0.2) is 15.9 Å². The Kier molecular flexibility index (Phi) is 4.24. The molecule has 2 rings (SSSR count). The van der Waals surface area contributed by atoms with Crippen LogP contribution in [0.5, 0.6) is 0 Å². The van der Waals surface area contributed by atoms with E-state index in [-0.39, 0.29) is 7.92 Å². The van der Waals surface area contributed by atoms with Crippen molar-refractivity contribution in [2.24, 2.45) is 0 Å². The summed E-state index contributed by atoms with van der Waals surface area (Å²) in [7, 11) is -0.118. The lowest BCUT2D eigenvalue weighted by Crippen LogP contribution is -2.21. The second-order valence-electron chi connectivity index (χ2n) is 5.17. The Balaban J connectivity index is 2.44. The molecule has 2 aromatic rings. The minimum atomic E-state index is -0.118. The average molecular weight is 259 g/mol. The van der Waals surface area contributed by atoms with Crippen molar-refractivity contribution < 1.29 is 0 Å². The van der Waals surface area contributed by atoms with Gasteiger partial charge in [-0.25, -0.2) is 0 Å². The third kappa shape index (κ3) is 2.67. The largest absolute Gasteiger partial charge is 0.317 e. The summed E-state index contributed by atoms with van der Waals surface area (Å²) in [5, 5.41) is 0. The summed E-state index contributed by atoms with van der Waals surface area (Å²) >= 11 is 0. The first-order valence-electron chi connectivity index (χ1n) is 6.62. The summed E-state index contributed by atoms with van der Waals surface area (Å²) < 4.78 is 2.35. The summed E-state index contributed by atoms with van der Waals surface area (Å²) in [5.41, 5.74) is 4.20. The Morgan fingerprint density at radius 2 is 1.44 bits per heavy atom. The number of hydrogen-bond acceptors (Lipinski definition) is 0. The molecule has 0 saturated carbocycles. The van der Waals surface area contributed by atoms with Gasteiger partial charge in [0, 0.05) is 17.3 Å². The van der Waals surface area contributed by atoms with Crippen LogP contribution in [0.25, 0.3) is 5.69 Å². The van der Waals surface area contributed by atoms with Gasteiger partial charge in [0.05, 0.1) is 0 Å². The van der Waals surface area contributed by atoms with E-state index in [4.69, 9.17) is 0 Å². The van der Waals surface area contributed by atoms with Gasteiger partial charge in [0.1, 0.15) is 0 Å². The first-order chi connectivity index (χ1) is 8.61. The molecule has 0 N–H and O–H groups in total. The molecule has 1 nitrogen and oxygen atoms in total. The molecule has 0 amide bonds. The van der Waals surface area contributed by atoms with E-state index >= 15 is 0 Å². The molecule has 18 heavy (non-hydrogen) atoms. The highest BCUT2D eigenvalue weighted by molar-refractivity contribution is 7.66. The highest BCUT2D eigenvalue weighted by Gasteiger charge is 2.22. The summed E-state index contributed by atoms with van der Waals surface area (Å²) in [6.45, 7) is 9.37. The molecule has 0 spiro atoms. The van der Waals surface area contributed by atoms with Gasteiger partial charge in [-0.2, -0.15) is 0 Å². The van der Waals surface area contributed by atoms with Crippen LogP contribution in [0.15, 0.2) is 48.7 Å². The van der Waals surface area contributed by atoms with E-state index in [0.717, 1.165) is 11.3 Å². The maximum absolute atomic E-state index is 2.35. The fraction of sp³-hybridized carbons (Fsp3) is 0.375. The lowest BCUT2D eigenvalue weighted by atomic mass is 10.3. The van der Waals surface area contributed by atoms with Crippen molar-refractivity contribution in [3.05, 3.63) is 48.7 Å². The van der Waals surface area contributed by atoms with Gasteiger partial charge in [-0.3, -0.25) is 0 Å². The molecule has 96 valence electrons. The van der Waals surface area contributed by atoms with Crippen LogP contribution in [0.3, 0.4) is 0 Å². The zero-order valence-electron chi connectivity index (χ0n) is 11.7. The van der Waals surface area contributed by atoms with E-state index < -0.39 is 0 Å². The van der Waals surface area contributed by atoms with Gasteiger partial charge >= 0.3 is 0 Å². The Morgan fingerprint density at radius 3 is 2.00 bits per heavy atom. The minimum Gasteiger partial charge on any atom is -0.317 e. The molecule has 0 fully saturated rings. The van der Waals surface area contributed by atoms with Crippen LogP contribution in [-0.2, 0) is 0 Å². The van der Waals surface area contributed by atoms with E-state index in [1.165, 1.54) is 11.1 Å². The average Bonchev–Trinajstić information content (AvgIpc) is 2.78. The number of nitrogens with zero attached hydrogens (tertiary/aromatic N) is 1. The SMILES string of the molecule is CC(C)P(c1cccn1-c1ccccc1)C(C)C. The normalized spacial score (nSPS) is 11.7. The highest BCUT2D eigenvalue weighted by atomic mass is 31.1. The van der Waals surface area contributed by atoms with E-state index in [0.29, 0.717) is 0 Å². The third-order valence-electron chi connectivity index (χ3n) is 3.14. The van der Waals surface area contributed by atoms with Crippen molar-refractivity contribution in [3.8, 4) is 5.69 Å². The molecule has 0 unspecified atom stereocenters. The first kappa shape index (κ1) is 13.4. The first-order valence-corrected chi connectivity index (χ1v) is 8.10. The Bertz CT molecular complexity index is 477. The van der Waals surface area contributed by atoms with Gasteiger partial charge in [0.15, 0.2) is 0 Å². The predicted molar refractivity (Wildman–Crippen MR) is 82.6 cm³/mol. The summed E-state index contributed by atoms with van der Waals surface area (Å²) in [6.07, 6.45) is 2.19. The Morgan fingerprint density at radius 1 is 0.833 bits per heavy atom. The van der Waals surface area contributed by atoms with E-state index in [1.54, 1.807) is 0 Å². The van der Waals surface area contributed by atoms with Crippen molar-refractivity contribution in [1.29, 1.82) is 0 Å². The maximum atomic E-state index is 2.35. The van der Waals surface area contributed by atoms with Crippen molar-refractivity contribution in [2.45, 2.75) is 39.0 Å². The van der Waals surface area contributed by atoms with Gasteiger partial charge in [-0.1, -0.05) is 53.8 Å². The lowest BCUT2D eigenvalue weighted by Gasteiger charge is -2.27. The monoisotopic (exact) mass is 259 g/mol. The zero-order chi connectivity index (χ0) is 13.1. The van der Waals surface area contributed by atoms with Gasteiger partial charge < -0.3 is 4.57 Å². The van der Waals surface area contributed by atoms with E-state index in [9.17, 15) is 0 Å². The van der Waals surface area contributed by atoms with Gasteiger partial charge in [-0.05, 0) is 35.6 Å². The molecular formula is C16H22NP. The third-order valence-corrected chi connectivity index (χ3v) is 6.26. The maximum Gasteiger partial charge on any atom is 0.0464 e. The Hall–Kier alpha value is -1.07. The molecule has 0 saturated heterocycles. The van der Waals surface area contributed by atoms with Crippen LogP contribution >= 0.6 is 7.92 Å². The molecule has 1 aromatic heterocycles. The van der Waals surface area contributed by atoms with Gasteiger partial charge in [0.2, 0.25) is 0 Å². The standard InChI is InChI=1S/C16H22NP/c1-13(2)18(14(3)4)16-11-8-12-17(16)15-9-6-5-7-10-15/h5-14H,1-4H3. The molecule has 0 aliphatic heterocycles. The molecule has 1 aromatic carbocycles. The number of hydrogen-bond donors (Lipinski definition) is 0. The number of benzene rings is 1. The predicted octanol–water partition coefficient (Wildman–Crippen LogP) is 4.40. The van der Waals surface area contributed by atoms with Crippen LogP contribution in [0.2, 0.25) is 0 Å². The molecule has 0 atom stereocenters. The lowest BCUT2D eigenvalue weighted by molar-refractivity contribution is 1.01. The number of para-hydroxylation sites is 1. The summed E-state index contributed by atoms with van der Waals surface area (Å²) in [4.78, 5) is 0. The fourth-order valence-corrected chi connectivity index (χ4v) is 5.45. The molecule has 2 heteroatoms. The summed E-state index contributed by atoms with van der Waals surface area (Å²) in [6, 6.07) is 15.1. The fourth-order valence-electron chi connectivity index (χ4n) is 2.51. The molecule has 0 aliphatic carbocycles. The zero-order valence-corrected chi connectivity index (χ0v) is 12.6. The molecule has 0 aliphatic rings.